The molecule has 3 heterocycles. The Hall–Kier alpha value is -1.93. The van der Waals surface area contributed by atoms with Crippen molar-refractivity contribution in [3.05, 3.63) is 18.6 Å². The average Bonchev–Trinajstić information content (AvgIpc) is 3.20. The number of azo groups is 1. The fourth-order valence-corrected chi connectivity index (χ4v) is 2.89. The number of fused-ring (bicyclic) bond motifs is 1. The normalized spacial score (nSPS) is 14.1. The Morgan fingerprint density at radius 2 is 2.29 bits per heavy atom. The zero-order valence-corrected chi connectivity index (χ0v) is 14.6. The fraction of sp³-hybridized carbons (Fsp3) is 0.600. The molecule has 0 atom stereocenters. The number of hydrogen-bond acceptors (Lipinski definition) is 4. The van der Waals surface area contributed by atoms with Crippen LogP contribution in [0.4, 0.5) is 17.5 Å². The lowest BCUT2D eigenvalue weighted by Crippen LogP contribution is -2.50. The summed E-state index contributed by atoms with van der Waals surface area (Å²) in [7, 11) is 0. The zero-order valence-electron chi connectivity index (χ0n) is 13.9. The van der Waals surface area contributed by atoms with Crippen LogP contribution in [0.15, 0.2) is 28.8 Å². The molecule has 0 amide bonds. The number of aromatic nitrogens is 4. The second-order valence-corrected chi connectivity index (χ2v) is 6.19. The lowest BCUT2D eigenvalue weighted by molar-refractivity contribution is -0.683. The van der Waals surface area contributed by atoms with E-state index in [1.165, 1.54) is 0 Å². The molecule has 0 aliphatic carbocycles. The average molecular weight is 353 g/mol. The van der Waals surface area contributed by atoms with Crippen LogP contribution < -0.4 is 15.6 Å². The third-order valence-electron chi connectivity index (χ3n) is 4.03. The molecule has 24 heavy (non-hydrogen) atoms. The summed E-state index contributed by atoms with van der Waals surface area (Å²) in [5.74, 6) is 2.42. The van der Waals surface area contributed by atoms with Gasteiger partial charge >= 0.3 is 5.95 Å². The van der Waals surface area contributed by atoms with Crippen LogP contribution >= 0.6 is 11.6 Å². The Labute approximate surface area is 146 Å². The molecular weight excluding hydrogens is 328 g/mol. The molecule has 9 heteroatoms. The maximum atomic E-state index is 5.83. The Bertz CT molecular complexity index is 664. The zero-order chi connectivity index (χ0) is 16.8. The van der Waals surface area contributed by atoms with Gasteiger partial charge in [0.2, 0.25) is 0 Å². The Kier molecular flexibility index (Phi) is 5.81. The van der Waals surface area contributed by atoms with Crippen LogP contribution in [0, 0.1) is 0 Å². The van der Waals surface area contributed by atoms with E-state index in [9.17, 15) is 0 Å². The van der Waals surface area contributed by atoms with Gasteiger partial charge in [0, 0.05) is 30.5 Å². The summed E-state index contributed by atoms with van der Waals surface area (Å²) < 4.78 is 6.16. The van der Waals surface area contributed by atoms with Gasteiger partial charge in [-0.15, -0.1) is 11.6 Å². The molecule has 0 bridgehead atoms. The predicted octanol–water partition coefficient (Wildman–Crippen LogP) is 1.46. The van der Waals surface area contributed by atoms with E-state index < -0.39 is 0 Å². The largest absolute Gasteiger partial charge is 0.421 e. The molecule has 2 aromatic heterocycles. The molecule has 0 fully saturated rings. The van der Waals surface area contributed by atoms with Gasteiger partial charge in [0.25, 0.3) is 0 Å². The summed E-state index contributed by atoms with van der Waals surface area (Å²) in [5, 5.41) is 16.7. The van der Waals surface area contributed by atoms with Crippen LogP contribution in [-0.2, 0) is 19.6 Å². The summed E-state index contributed by atoms with van der Waals surface area (Å²) in [6.07, 6.45) is 8.84. The van der Waals surface area contributed by atoms with Gasteiger partial charge in [-0.2, -0.15) is 5.10 Å². The van der Waals surface area contributed by atoms with E-state index in [0.29, 0.717) is 5.88 Å². The van der Waals surface area contributed by atoms with Crippen LogP contribution in [-0.4, -0.2) is 33.3 Å². The number of alkyl halides is 1. The van der Waals surface area contributed by atoms with Crippen molar-refractivity contribution in [2.75, 3.05) is 24.3 Å². The molecule has 0 saturated heterocycles. The van der Waals surface area contributed by atoms with Crippen molar-refractivity contribution < 1.29 is 10.3 Å². The Morgan fingerprint density at radius 1 is 1.38 bits per heavy atom. The number of halogens is 1. The van der Waals surface area contributed by atoms with Crippen molar-refractivity contribution in [1.29, 1.82) is 0 Å². The highest BCUT2D eigenvalue weighted by molar-refractivity contribution is 6.17. The van der Waals surface area contributed by atoms with E-state index in [1.54, 1.807) is 6.20 Å². The number of imidazole rings is 1. The summed E-state index contributed by atoms with van der Waals surface area (Å²) in [6.45, 7) is 4.49. The smallest absolute Gasteiger partial charge is 0.368 e. The van der Waals surface area contributed by atoms with Crippen molar-refractivity contribution in [3.8, 4) is 0 Å². The minimum Gasteiger partial charge on any atom is -0.368 e. The molecule has 2 aromatic rings. The molecule has 0 unspecified atom stereocenters. The molecule has 1 aliphatic heterocycles. The van der Waals surface area contributed by atoms with Gasteiger partial charge in [0.1, 0.15) is 0 Å². The molecule has 3 rings (SSSR count). The topological polar surface area (TPSA) is 91.0 Å². The highest BCUT2D eigenvalue weighted by atomic mass is 35.5. The fourth-order valence-electron chi connectivity index (χ4n) is 2.77. The van der Waals surface area contributed by atoms with Crippen LogP contribution in [0.5, 0.6) is 0 Å². The number of quaternary nitrogens is 1. The lowest BCUT2D eigenvalue weighted by atomic mass is 10.3. The van der Waals surface area contributed by atoms with Crippen molar-refractivity contribution >= 4 is 29.1 Å². The highest BCUT2D eigenvalue weighted by Gasteiger charge is 2.19. The molecular formula is C15H25ClN8+2. The van der Waals surface area contributed by atoms with Crippen LogP contribution in [0.2, 0.25) is 0 Å². The quantitative estimate of drug-likeness (QED) is 0.428. The number of rotatable bonds is 8. The van der Waals surface area contributed by atoms with Gasteiger partial charge in [-0.05, 0) is 12.8 Å². The van der Waals surface area contributed by atoms with Gasteiger partial charge in [-0.25, -0.2) is 13.8 Å². The third kappa shape index (κ3) is 3.76. The molecule has 0 spiro atoms. The standard InChI is InChI=1S/C15H23ClN8/c16-4-1-7-22-10-11-23(8-2-5-17)15(22)21-20-13-12-19-24-9-3-6-18-14(13)24/h10-12H,1-9,17H2/p+2. The van der Waals surface area contributed by atoms with Crippen molar-refractivity contribution in [2.24, 2.45) is 10.2 Å². The first-order valence-electron chi connectivity index (χ1n) is 8.48. The number of nitrogens with one attached hydrogen (secondary N) is 1. The first-order chi connectivity index (χ1) is 11.8. The van der Waals surface area contributed by atoms with Gasteiger partial charge in [-0.3, -0.25) is 0 Å². The lowest BCUT2D eigenvalue weighted by Gasteiger charge is -2.15. The van der Waals surface area contributed by atoms with E-state index in [4.69, 9.17) is 11.6 Å². The molecule has 1 aliphatic rings. The van der Waals surface area contributed by atoms with Gasteiger partial charge < -0.3 is 11.1 Å². The molecule has 0 radical (unpaired) electrons. The van der Waals surface area contributed by atoms with Gasteiger partial charge in [0.05, 0.1) is 38.2 Å². The predicted molar refractivity (Wildman–Crippen MR) is 91.8 cm³/mol. The van der Waals surface area contributed by atoms with E-state index in [1.807, 2.05) is 17.1 Å². The Balaban J connectivity index is 1.83. The number of anilines is 1. The van der Waals surface area contributed by atoms with E-state index in [2.05, 4.69) is 35.5 Å². The second kappa shape index (κ2) is 8.25. The van der Waals surface area contributed by atoms with E-state index in [0.717, 1.165) is 69.4 Å². The molecule has 130 valence electrons. The minimum atomic E-state index is 0.633. The highest BCUT2D eigenvalue weighted by Crippen LogP contribution is 2.28. The number of aryl methyl sites for hydroxylation is 3. The molecule has 8 nitrogen and oxygen atoms in total. The minimum absolute atomic E-state index is 0.633. The first-order valence-corrected chi connectivity index (χ1v) is 9.02. The van der Waals surface area contributed by atoms with Crippen molar-refractivity contribution in [3.63, 3.8) is 0 Å². The summed E-state index contributed by atoms with van der Waals surface area (Å²) in [4.78, 5) is 0. The van der Waals surface area contributed by atoms with E-state index in [-0.39, 0.29) is 0 Å². The van der Waals surface area contributed by atoms with Crippen LogP contribution in [0.3, 0.4) is 0 Å². The first kappa shape index (κ1) is 16.9. The molecule has 4 N–H and O–H groups in total. The van der Waals surface area contributed by atoms with Crippen molar-refractivity contribution in [2.45, 2.75) is 38.9 Å². The maximum absolute atomic E-state index is 5.83. The summed E-state index contributed by atoms with van der Waals surface area (Å²) in [6, 6.07) is 0. The van der Waals surface area contributed by atoms with E-state index >= 15 is 0 Å². The molecule has 0 saturated carbocycles. The summed E-state index contributed by atoms with van der Waals surface area (Å²) in [5.41, 5.74) is 4.69. The van der Waals surface area contributed by atoms with Crippen LogP contribution in [0.1, 0.15) is 19.3 Å². The van der Waals surface area contributed by atoms with Gasteiger partial charge in [-0.1, -0.05) is 5.11 Å². The second-order valence-electron chi connectivity index (χ2n) is 5.82. The molecule has 0 aromatic carbocycles. The number of hydrogen-bond donors (Lipinski definition) is 2. The third-order valence-corrected chi connectivity index (χ3v) is 4.30. The number of nitrogens with zero attached hydrogens (tertiary/aromatic N) is 6. The van der Waals surface area contributed by atoms with Crippen molar-refractivity contribution in [1.82, 2.24) is 14.3 Å². The monoisotopic (exact) mass is 352 g/mol. The Morgan fingerprint density at radius 3 is 3.12 bits per heavy atom. The van der Waals surface area contributed by atoms with Crippen LogP contribution in [0.25, 0.3) is 0 Å². The summed E-state index contributed by atoms with van der Waals surface area (Å²) >= 11 is 5.83. The van der Waals surface area contributed by atoms with Gasteiger partial charge in [0.15, 0.2) is 11.5 Å². The maximum Gasteiger partial charge on any atom is 0.421 e. The SMILES string of the molecule is [NH3+]CCCn1cc[n+](CCCCl)c1N=Nc1cnn2c1NCCC2.